The molecule has 1 amide bonds. The van der Waals surface area contributed by atoms with Gasteiger partial charge in [-0.15, -0.1) is 0 Å². The largest absolute Gasteiger partial charge is 0.489 e. The Morgan fingerprint density at radius 2 is 2.29 bits per heavy atom. The summed E-state index contributed by atoms with van der Waals surface area (Å²) in [6, 6.07) is 5.40. The topological polar surface area (TPSA) is 56.1 Å². The lowest BCUT2D eigenvalue weighted by molar-refractivity contribution is 0.0929. The number of hydrogen-bond acceptors (Lipinski definition) is 3. The molecule has 1 aromatic carbocycles. The molecule has 0 saturated carbocycles. The van der Waals surface area contributed by atoms with Crippen molar-refractivity contribution in [2.75, 3.05) is 6.61 Å². The SMILES string of the molecule is CCc1c(C(=O)N[C@@H]2COc3c(Cl)cccc32)cnn1CC(C)C. The second-order valence-corrected chi connectivity index (χ2v) is 6.84. The van der Waals surface area contributed by atoms with Crippen LogP contribution in [-0.2, 0) is 13.0 Å². The maximum Gasteiger partial charge on any atom is 0.255 e. The van der Waals surface area contributed by atoms with Gasteiger partial charge in [0.15, 0.2) is 0 Å². The Bertz CT molecular complexity index is 755. The van der Waals surface area contributed by atoms with Gasteiger partial charge in [-0.05, 0) is 18.4 Å². The van der Waals surface area contributed by atoms with Crippen molar-refractivity contribution >= 4 is 17.5 Å². The van der Waals surface area contributed by atoms with E-state index in [1.807, 2.05) is 23.7 Å². The first-order valence-electron chi connectivity index (χ1n) is 8.28. The minimum absolute atomic E-state index is 0.122. The van der Waals surface area contributed by atoms with E-state index in [4.69, 9.17) is 16.3 Å². The Labute approximate surface area is 147 Å². The van der Waals surface area contributed by atoms with Crippen LogP contribution >= 0.6 is 11.6 Å². The lowest BCUT2D eigenvalue weighted by atomic mass is 10.1. The number of benzene rings is 1. The maximum absolute atomic E-state index is 12.7. The fourth-order valence-corrected chi connectivity index (χ4v) is 3.28. The molecule has 0 spiro atoms. The van der Waals surface area contributed by atoms with Gasteiger partial charge in [-0.25, -0.2) is 0 Å². The summed E-state index contributed by atoms with van der Waals surface area (Å²) in [4.78, 5) is 12.7. The molecule has 3 rings (SSSR count). The number of nitrogens with zero attached hydrogens (tertiary/aromatic N) is 2. The minimum Gasteiger partial charge on any atom is -0.489 e. The van der Waals surface area contributed by atoms with Crippen LogP contribution in [0.4, 0.5) is 0 Å². The number of aromatic nitrogens is 2. The van der Waals surface area contributed by atoms with Crippen molar-refractivity contribution in [1.29, 1.82) is 0 Å². The molecule has 6 heteroatoms. The van der Waals surface area contributed by atoms with E-state index >= 15 is 0 Å². The number of ether oxygens (including phenoxy) is 1. The molecule has 0 radical (unpaired) electrons. The summed E-state index contributed by atoms with van der Waals surface area (Å²) < 4.78 is 7.55. The quantitative estimate of drug-likeness (QED) is 0.898. The number of rotatable bonds is 5. The zero-order chi connectivity index (χ0) is 17.3. The number of amides is 1. The molecule has 24 heavy (non-hydrogen) atoms. The molecule has 0 unspecified atom stereocenters. The van der Waals surface area contributed by atoms with Gasteiger partial charge in [-0.1, -0.05) is 44.5 Å². The number of carbonyl (C=O) groups is 1. The number of carbonyl (C=O) groups excluding carboxylic acids is 1. The van der Waals surface area contributed by atoms with Gasteiger partial charge >= 0.3 is 0 Å². The van der Waals surface area contributed by atoms with Crippen molar-refractivity contribution in [3.8, 4) is 5.75 Å². The fraction of sp³-hybridized carbons (Fsp3) is 0.444. The molecule has 1 aliphatic rings. The van der Waals surface area contributed by atoms with Crippen LogP contribution in [-0.4, -0.2) is 22.3 Å². The Morgan fingerprint density at radius 1 is 1.50 bits per heavy atom. The average Bonchev–Trinajstić information content (AvgIpc) is 3.12. The molecule has 1 atom stereocenters. The Kier molecular flexibility index (Phi) is 4.81. The van der Waals surface area contributed by atoms with Crippen molar-refractivity contribution in [3.05, 3.63) is 46.2 Å². The van der Waals surface area contributed by atoms with E-state index < -0.39 is 0 Å². The first-order chi connectivity index (χ1) is 11.5. The minimum atomic E-state index is -0.190. The Morgan fingerprint density at radius 3 is 3.00 bits per heavy atom. The van der Waals surface area contributed by atoms with Gasteiger partial charge < -0.3 is 10.1 Å². The smallest absolute Gasteiger partial charge is 0.255 e. The standard InChI is InChI=1S/C18H22ClN3O2/c1-4-16-13(8-20-22(16)9-11(2)3)18(23)21-15-10-24-17-12(15)6-5-7-14(17)19/h5-8,11,15H,4,9-10H2,1-3H3,(H,21,23)/t15-/m1/s1. The molecule has 2 aromatic rings. The van der Waals surface area contributed by atoms with Crippen LogP contribution in [0.15, 0.2) is 24.4 Å². The molecular weight excluding hydrogens is 326 g/mol. The number of halogens is 1. The highest BCUT2D eigenvalue weighted by atomic mass is 35.5. The van der Waals surface area contributed by atoms with Crippen LogP contribution in [0.5, 0.6) is 5.75 Å². The zero-order valence-corrected chi connectivity index (χ0v) is 14.9. The summed E-state index contributed by atoms with van der Waals surface area (Å²) in [6.45, 7) is 7.51. The van der Waals surface area contributed by atoms with Crippen molar-refractivity contribution in [3.63, 3.8) is 0 Å². The molecular formula is C18H22ClN3O2. The Balaban J connectivity index is 1.80. The summed E-state index contributed by atoms with van der Waals surface area (Å²) in [7, 11) is 0. The second-order valence-electron chi connectivity index (χ2n) is 6.43. The maximum atomic E-state index is 12.7. The van der Waals surface area contributed by atoms with Crippen molar-refractivity contribution < 1.29 is 9.53 Å². The van der Waals surface area contributed by atoms with Crippen LogP contribution in [0.3, 0.4) is 0 Å². The fourth-order valence-electron chi connectivity index (χ4n) is 3.04. The monoisotopic (exact) mass is 347 g/mol. The van der Waals surface area contributed by atoms with Crippen LogP contribution in [0.2, 0.25) is 5.02 Å². The first kappa shape index (κ1) is 16.8. The molecule has 1 aromatic heterocycles. The third kappa shape index (κ3) is 3.13. The predicted octanol–water partition coefficient (Wildman–Crippen LogP) is 3.62. The highest BCUT2D eigenvalue weighted by Crippen LogP contribution is 2.38. The van der Waals surface area contributed by atoms with E-state index in [2.05, 4.69) is 24.3 Å². The van der Waals surface area contributed by atoms with Crippen LogP contribution in [0.25, 0.3) is 0 Å². The third-order valence-electron chi connectivity index (χ3n) is 4.14. The lowest BCUT2D eigenvalue weighted by Crippen LogP contribution is -2.30. The summed E-state index contributed by atoms with van der Waals surface area (Å²) in [5.74, 6) is 1.02. The molecule has 5 nitrogen and oxygen atoms in total. The summed E-state index contributed by atoms with van der Waals surface area (Å²) in [5.41, 5.74) is 2.52. The molecule has 0 fully saturated rings. The molecule has 1 aliphatic heterocycles. The number of para-hydroxylation sites is 1. The van der Waals surface area contributed by atoms with Crippen molar-refractivity contribution in [2.45, 2.75) is 39.8 Å². The van der Waals surface area contributed by atoms with Crippen LogP contribution in [0.1, 0.15) is 48.4 Å². The van der Waals surface area contributed by atoms with E-state index in [0.717, 1.165) is 24.2 Å². The van der Waals surface area contributed by atoms with Gasteiger partial charge in [0.2, 0.25) is 0 Å². The second kappa shape index (κ2) is 6.85. The van der Waals surface area contributed by atoms with Gasteiger partial charge in [0.1, 0.15) is 12.4 Å². The van der Waals surface area contributed by atoms with Crippen molar-refractivity contribution in [2.24, 2.45) is 5.92 Å². The molecule has 0 bridgehead atoms. The predicted molar refractivity (Wildman–Crippen MR) is 93.6 cm³/mol. The van der Waals surface area contributed by atoms with Gasteiger partial charge in [0.05, 0.1) is 28.5 Å². The summed E-state index contributed by atoms with van der Waals surface area (Å²) >= 11 is 6.14. The number of nitrogens with one attached hydrogen (secondary N) is 1. The molecule has 1 N–H and O–H groups in total. The molecule has 0 aliphatic carbocycles. The third-order valence-corrected chi connectivity index (χ3v) is 4.44. The van der Waals surface area contributed by atoms with E-state index in [1.54, 1.807) is 12.3 Å². The average molecular weight is 348 g/mol. The first-order valence-corrected chi connectivity index (χ1v) is 8.65. The summed E-state index contributed by atoms with van der Waals surface area (Å²) in [5, 5.41) is 8.00. The molecule has 2 heterocycles. The lowest BCUT2D eigenvalue weighted by Gasteiger charge is -2.13. The van der Waals surface area contributed by atoms with Gasteiger partial charge in [0, 0.05) is 12.1 Å². The van der Waals surface area contributed by atoms with E-state index in [-0.39, 0.29) is 11.9 Å². The van der Waals surface area contributed by atoms with Crippen LogP contribution < -0.4 is 10.1 Å². The van der Waals surface area contributed by atoms with Crippen LogP contribution in [0, 0.1) is 5.92 Å². The summed E-state index contributed by atoms with van der Waals surface area (Å²) in [6.07, 6.45) is 2.42. The van der Waals surface area contributed by atoms with E-state index in [0.29, 0.717) is 28.9 Å². The molecule has 128 valence electrons. The normalized spacial score (nSPS) is 16.1. The zero-order valence-electron chi connectivity index (χ0n) is 14.2. The van der Waals surface area contributed by atoms with Gasteiger partial charge in [-0.3, -0.25) is 9.48 Å². The van der Waals surface area contributed by atoms with Crippen molar-refractivity contribution in [1.82, 2.24) is 15.1 Å². The highest BCUT2D eigenvalue weighted by molar-refractivity contribution is 6.32. The Hall–Kier alpha value is -2.01. The van der Waals surface area contributed by atoms with E-state index in [9.17, 15) is 4.79 Å². The van der Waals surface area contributed by atoms with Gasteiger partial charge in [0.25, 0.3) is 5.91 Å². The number of fused-ring (bicyclic) bond motifs is 1. The van der Waals surface area contributed by atoms with E-state index in [1.165, 1.54) is 0 Å². The number of hydrogen-bond donors (Lipinski definition) is 1. The highest BCUT2D eigenvalue weighted by Gasteiger charge is 2.28. The van der Waals surface area contributed by atoms with Gasteiger partial charge in [-0.2, -0.15) is 5.10 Å². The molecule has 0 saturated heterocycles.